The summed E-state index contributed by atoms with van der Waals surface area (Å²) in [5.41, 5.74) is 3.50. The van der Waals surface area contributed by atoms with Crippen LogP contribution in [-0.4, -0.2) is 30.9 Å². The summed E-state index contributed by atoms with van der Waals surface area (Å²) in [7, 11) is 0. The zero-order chi connectivity index (χ0) is 23.3. The van der Waals surface area contributed by atoms with Crippen LogP contribution in [0.5, 0.6) is 23.0 Å². The monoisotopic (exact) mass is 459 g/mol. The fourth-order valence-corrected chi connectivity index (χ4v) is 4.54. The number of carbonyl (C=O) groups is 1. The molecule has 0 radical (unpaired) electrons. The van der Waals surface area contributed by atoms with Crippen LogP contribution in [0.25, 0.3) is 0 Å². The molecule has 5 rings (SSSR count). The molecule has 0 bridgehead atoms. The Hall–Kier alpha value is -3.67. The highest BCUT2D eigenvalue weighted by molar-refractivity contribution is 5.75. The predicted octanol–water partition coefficient (Wildman–Crippen LogP) is 5.30. The second-order valence-corrected chi connectivity index (χ2v) is 8.64. The minimum atomic E-state index is 0.141. The van der Waals surface area contributed by atoms with Crippen LogP contribution < -0.4 is 18.9 Å². The van der Waals surface area contributed by atoms with Gasteiger partial charge < -0.3 is 23.8 Å². The lowest BCUT2D eigenvalue weighted by molar-refractivity contribution is -0.131. The molecule has 0 saturated carbocycles. The second-order valence-electron chi connectivity index (χ2n) is 8.64. The molecule has 176 valence electrons. The maximum atomic E-state index is 12.8. The Morgan fingerprint density at radius 1 is 0.824 bits per heavy atom. The van der Waals surface area contributed by atoms with E-state index in [1.165, 1.54) is 11.1 Å². The summed E-state index contributed by atoms with van der Waals surface area (Å²) in [5.74, 6) is 3.44. The van der Waals surface area contributed by atoms with Crippen LogP contribution in [0.1, 0.15) is 42.4 Å². The van der Waals surface area contributed by atoms with E-state index in [9.17, 15) is 4.79 Å². The molecule has 0 aliphatic carbocycles. The molecule has 1 unspecified atom stereocenters. The summed E-state index contributed by atoms with van der Waals surface area (Å²) in [4.78, 5) is 14.8. The van der Waals surface area contributed by atoms with Gasteiger partial charge in [0.2, 0.25) is 19.5 Å². The molecular weight excluding hydrogens is 430 g/mol. The smallest absolute Gasteiger partial charge is 0.231 e. The molecule has 0 aromatic heterocycles. The molecule has 2 heterocycles. The lowest BCUT2D eigenvalue weighted by Gasteiger charge is -2.26. The van der Waals surface area contributed by atoms with E-state index in [0.717, 1.165) is 41.4 Å². The Labute approximate surface area is 200 Å². The van der Waals surface area contributed by atoms with Crippen molar-refractivity contribution in [3.8, 4) is 23.0 Å². The quantitative estimate of drug-likeness (QED) is 0.435. The second kappa shape index (κ2) is 10.1. The van der Waals surface area contributed by atoms with Gasteiger partial charge in [-0.1, -0.05) is 49.4 Å². The normalized spacial score (nSPS) is 14.1. The summed E-state index contributed by atoms with van der Waals surface area (Å²) in [6.07, 6.45) is 2.20. The van der Waals surface area contributed by atoms with E-state index in [-0.39, 0.29) is 25.4 Å². The van der Waals surface area contributed by atoms with Crippen molar-refractivity contribution in [3.63, 3.8) is 0 Å². The van der Waals surface area contributed by atoms with Crippen LogP contribution >= 0.6 is 0 Å². The molecule has 6 nitrogen and oxygen atoms in total. The molecule has 34 heavy (non-hydrogen) atoms. The Balaban J connectivity index is 1.34. The summed E-state index contributed by atoms with van der Waals surface area (Å²) < 4.78 is 22.1. The van der Waals surface area contributed by atoms with Crippen molar-refractivity contribution in [3.05, 3.63) is 83.4 Å². The van der Waals surface area contributed by atoms with Crippen molar-refractivity contribution in [1.82, 2.24) is 4.90 Å². The molecule has 0 N–H and O–H groups in total. The van der Waals surface area contributed by atoms with Gasteiger partial charge in [-0.3, -0.25) is 4.79 Å². The molecule has 0 saturated heterocycles. The van der Waals surface area contributed by atoms with Crippen LogP contribution in [-0.2, 0) is 17.8 Å². The van der Waals surface area contributed by atoms with Gasteiger partial charge in [-0.25, -0.2) is 0 Å². The first-order valence-electron chi connectivity index (χ1n) is 11.8. The molecule has 0 fully saturated rings. The van der Waals surface area contributed by atoms with Crippen molar-refractivity contribution in [2.75, 3.05) is 20.1 Å². The lowest BCUT2D eigenvalue weighted by Crippen LogP contribution is -2.32. The third kappa shape index (κ3) is 4.96. The first kappa shape index (κ1) is 22.1. The number of nitrogens with zero attached hydrogens (tertiary/aromatic N) is 1. The predicted molar refractivity (Wildman–Crippen MR) is 128 cm³/mol. The number of amides is 1. The van der Waals surface area contributed by atoms with Crippen LogP contribution in [0.4, 0.5) is 0 Å². The number of benzene rings is 3. The van der Waals surface area contributed by atoms with E-state index in [4.69, 9.17) is 18.9 Å². The van der Waals surface area contributed by atoms with Gasteiger partial charge in [0, 0.05) is 19.5 Å². The fraction of sp³-hybridized carbons (Fsp3) is 0.321. The number of hydrogen-bond donors (Lipinski definition) is 0. The largest absolute Gasteiger partial charge is 0.454 e. The summed E-state index contributed by atoms with van der Waals surface area (Å²) >= 11 is 0. The van der Waals surface area contributed by atoms with Crippen LogP contribution in [0.3, 0.4) is 0 Å². The van der Waals surface area contributed by atoms with Crippen LogP contribution in [0.2, 0.25) is 0 Å². The number of carbonyl (C=O) groups excluding carboxylic acids is 1. The molecule has 0 spiro atoms. The highest BCUT2D eigenvalue weighted by Crippen LogP contribution is 2.37. The van der Waals surface area contributed by atoms with Gasteiger partial charge in [-0.2, -0.15) is 0 Å². The maximum Gasteiger partial charge on any atom is 0.231 e. The molecule has 2 aliphatic heterocycles. The van der Waals surface area contributed by atoms with Gasteiger partial charge in [0.15, 0.2) is 23.0 Å². The summed E-state index contributed by atoms with van der Waals surface area (Å²) in [6.45, 7) is 3.62. The molecule has 1 atom stereocenters. The molecule has 3 aromatic carbocycles. The van der Waals surface area contributed by atoms with E-state index in [2.05, 4.69) is 36.4 Å². The summed E-state index contributed by atoms with van der Waals surface area (Å²) in [6, 6.07) is 22.5. The van der Waals surface area contributed by atoms with Gasteiger partial charge in [0.25, 0.3) is 0 Å². The van der Waals surface area contributed by atoms with Gasteiger partial charge in [-0.05, 0) is 59.7 Å². The van der Waals surface area contributed by atoms with E-state index in [1.807, 2.05) is 42.2 Å². The molecule has 1 amide bonds. The molecule has 2 aliphatic rings. The fourth-order valence-electron chi connectivity index (χ4n) is 4.54. The SMILES string of the molecule is CCC(=O)N(CCC(Cc1ccccc1)c1ccc2c(c1)OCO2)Cc1ccc2c(c1)OCO2. The average molecular weight is 460 g/mol. The van der Waals surface area contributed by atoms with Crippen molar-refractivity contribution in [2.45, 2.75) is 38.6 Å². The van der Waals surface area contributed by atoms with Crippen molar-refractivity contribution < 1.29 is 23.7 Å². The standard InChI is InChI=1S/C28H29NO5/c1-2-28(30)29(17-21-8-10-24-26(15-21)33-18-31-24)13-12-23(14-20-6-4-3-5-7-20)22-9-11-25-27(16-22)34-19-32-25/h3-11,15-16,23H,2,12-14,17-19H2,1H3. The molecular formula is C28H29NO5. The highest BCUT2D eigenvalue weighted by Gasteiger charge is 2.22. The minimum absolute atomic E-state index is 0.141. The van der Waals surface area contributed by atoms with Crippen LogP contribution in [0.15, 0.2) is 66.7 Å². The Bertz CT molecular complexity index is 1150. The van der Waals surface area contributed by atoms with Gasteiger partial charge in [0.05, 0.1) is 0 Å². The van der Waals surface area contributed by atoms with Crippen molar-refractivity contribution >= 4 is 5.91 Å². The van der Waals surface area contributed by atoms with Gasteiger partial charge >= 0.3 is 0 Å². The van der Waals surface area contributed by atoms with Crippen molar-refractivity contribution in [1.29, 1.82) is 0 Å². The Morgan fingerprint density at radius 2 is 1.50 bits per heavy atom. The topological polar surface area (TPSA) is 57.2 Å². The van der Waals surface area contributed by atoms with Crippen LogP contribution in [0, 0.1) is 0 Å². The minimum Gasteiger partial charge on any atom is -0.454 e. The zero-order valence-electron chi connectivity index (χ0n) is 19.4. The van der Waals surface area contributed by atoms with Gasteiger partial charge in [0.1, 0.15) is 0 Å². The van der Waals surface area contributed by atoms with E-state index in [1.54, 1.807) is 0 Å². The van der Waals surface area contributed by atoms with Crippen molar-refractivity contribution in [2.24, 2.45) is 0 Å². The Kier molecular flexibility index (Phi) is 6.56. The number of hydrogen-bond acceptors (Lipinski definition) is 5. The first-order valence-corrected chi connectivity index (χ1v) is 11.8. The Morgan fingerprint density at radius 3 is 2.24 bits per heavy atom. The maximum absolute atomic E-state index is 12.8. The third-order valence-corrected chi connectivity index (χ3v) is 6.41. The van der Waals surface area contributed by atoms with E-state index < -0.39 is 0 Å². The highest BCUT2D eigenvalue weighted by atomic mass is 16.7. The first-order chi connectivity index (χ1) is 16.7. The third-order valence-electron chi connectivity index (χ3n) is 6.41. The van der Waals surface area contributed by atoms with E-state index in [0.29, 0.717) is 19.5 Å². The number of ether oxygens (including phenoxy) is 4. The average Bonchev–Trinajstić information content (AvgIpc) is 3.54. The van der Waals surface area contributed by atoms with E-state index >= 15 is 0 Å². The summed E-state index contributed by atoms with van der Waals surface area (Å²) in [5, 5.41) is 0. The zero-order valence-corrected chi connectivity index (χ0v) is 19.4. The lowest BCUT2D eigenvalue weighted by atomic mass is 9.88. The number of rotatable bonds is 9. The van der Waals surface area contributed by atoms with Gasteiger partial charge in [-0.15, -0.1) is 0 Å². The molecule has 3 aromatic rings. The number of fused-ring (bicyclic) bond motifs is 2. The molecule has 6 heteroatoms.